The van der Waals surface area contributed by atoms with E-state index in [2.05, 4.69) is 5.32 Å². The Kier molecular flexibility index (Phi) is 3.48. The minimum atomic E-state index is 0.194. The summed E-state index contributed by atoms with van der Waals surface area (Å²) in [4.78, 5) is 10.8. The van der Waals surface area contributed by atoms with Crippen LogP contribution in [-0.2, 0) is 11.2 Å². The van der Waals surface area contributed by atoms with Gasteiger partial charge < -0.3 is 10.1 Å². The Morgan fingerprint density at radius 1 is 1.47 bits per heavy atom. The van der Waals surface area contributed by atoms with E-state index in [4.69, 9.17) is 4.74 Å². The number of carbonyl (C=O) groups excluding carboxylic acids is 1. The van der Waals surface area contributed by atoms with E-state index >= 15 is 0 Å². The minimum Gasteiger partial charge on any atom is -0.375 e. The fourth-order valence-corrected chi connectivity index (χ4v) is 1.83. The van der Waals surface area contributed by atoms with Crippen molar-refractivity contribution in [1.29, 1.82) is 0 Å². The summed E-state index contributed by atoms with van der Waals surface area (Å²) in [5.41, 5.74) is 1.84. The Hall–Kier alpha value is -1.19. The smallest absolute Gasteiger partial charge is 0.150 e. The molecule has 0 saturated carbocycles. The quantitative estimate of drug-likeness (QED) is 0.749. The Balaban J connectivity index is 2.05. The van der Waals surface area contributed by atoms with Gasteiger partial charge in [-0.2, -0.15) is 0 Å². The van der Waals surface area contributed by atoms with Crippen LogP contribution in [0.5, 0.6) is 0 Å². The van der Waals surface area contributed by atoms with E-state index in [0.717, 1.165) is 43.5 Å². The maximum absolute atomic E-state index is 10.8. The number of hydrogen-bond donors (Lipinski definition) is 1. The van der Waals surface area contributed by atoms with Gasteiger partial charge in [0.2, 0.25) is 0 Å². The molecule has 3 heteroatoms. The summed E-state index contributed by atoms with van der Waals surface area (Å²) in [6.45, 7) is 2.55. The number of ether oxygens (including phenoxy) is 1. The zero-order valence-electron chi connectivity index (χ0n) is 8.61. The fraction of sp³-hybridized carbons (Fsp3) is 0.417. The van der Waals surface area contributed by atoms with Crippen molar-refractivity contribution in [2.45, 2.75) is 12.5 Å². The number of carbonyl (C=O) groups is 1. The first-order valence-corrected chi connectivity index (χ1v) is 5.25. The van der Waals surface area contributed by atoms with Crippen LogP contribution in [0.4, 0.5) is 0 Å². The second-order valence-electron chi connectivity index (χ2n) is 3.72. The van der Waals surface area contributed by atoms with Gasteiger partial charge in [0.25, 0.3) is 0 Å². The first-order valence-electron chi connectivity index (χ1n) is 5.25. The number of nitrogens with one attached hydrogen (secondary N) is 1. The molecule has 2 rings (SSSR count). The molecule has 0 aliphatic carbocycles. The molecule has 1 saturated heterocycles. The van der Waals surface area contributed by atoms with Crippen molar-refractivity contribution in [2.75, 3.05) is 19.7 Å². The van der Waals surface area contributed by atoms with Crippen LogP contribution in [-0.4, -0.2) is 32.1 Å². The van der Waals surface area contributed by atoms with Crippen LogP contribution in [0.25, 0.3) is 0 Å². The van der Waals surface area contributed by atoms with Gasteiger partial charge in [-0.3, -0.25) is 4.79 Å². The van der Waals surface area contributed by atoms with Gasteiger partial charge >= 0.3 is 0 Å². The fourth-order valence-electron chi connectivity index (χ4n) is 1.83. The molecule has 0 aromatic heterocycles. The molecule has 1 atom stereocenters. The van der Waals surface area contributed by atoms with E-state index in [1.807, 2.05) is 24.3 Å². The molecule has 1 aromatic rings. The summed E-state index contributed by atoms with van der Waals surface area (Å²) in [5.74, 6) is 0. The van der Waals surface area contributed by atoms with Crippen LogP contribution in [0.2, 0.25) is 0 Å². The average Bonchev–Trinajstić information content (AvgIpc) is 2.31. The molecular formula is C12H15NO2. The zero-order chi connectivity index (χ0) is 10.5. The van der Waals surface area contributed by atoms with Gasteiger partial charge in [-0.05, 0) is 5.56 Å². The molecule has 0 spiro atoms. The van der Waals surface area contributed by atoms with Crippen molar-refractivity contribution in [3.8, 4) is 0 Å². The van der Waals surface area contributed by atoms with Crippen molar-refractivity contribution in [2.24, 2.45) is 0 Å². The molecule has 1 aliphatic rings. The highest BCUT2D eigenvalue weighted by Crippen LogP contribution is 2.11. The second-order valence-corrected chi connectivity index (χ2v) is 3.72. The SMILES string of the molecule is O=Cc1ccccc1CC1CNCCO1. The van der Waals surface area contributed by atoms with Gasteiger partial charge in [-0.15, -0.1) is 0 Å². The van der Waals surface area contributed by atoms with Gasteiger partial charge in [0, 0.05) is 25.1 Å². The Labute approximate surface area is 89.4 Å². The third kappa shape index (κ3) is 2.64. The maximum atomic E-state index is 10.8. The molecule has 15 heavy (non-hydrogen) atoms. The van der Waals surface area contributed by atoms with Crippen molar-refractivity contribution >= 4 is 6.29 Å². The van der Waals surface area contributed by atoms with Crippen LogP contribution >= 0.6 is 0 Å². The van der Waals surface area contributed by atoms with E-state index < -0.39 is 0 Å². The molecular weight excluding hydrogens is 190 g/mol. The predicted octanol–water partition coefficient (Wildman–Crippen LogP) is 1.03. The van der Waals surface area contributed by atoms with E-state index in [1.165, 1.54) is 0 Å². The molecule has 1 N–H and O–H groups in total. The molecule has 80 valence electrons. The monoisotopic (exact) mass is 205 g/mol. The molecule has 0 radical (unpaired) electrons. The van der Waals surface area contributed by atoms with Gasteiger partial charge in [0.15, 0.2) is 0 Å². The molecule has 1 aromatic carbocycles. The van der Waals surface area contributed by atoms with Crippen LogP contribution in [0.3, 0.4) is 0 Å². The largest absolute Gasteiger partial charge is 0.375 e. The van der Waals surface area contributed by atoms with E-state index in [-0.39, 0.29) is 6.10 Å². The normalized spacial score (nSPS) is 21.2. The summed E-state index contributed by atoms with van der Waals surface area (Å²) in [7, 11) is 0. The minimum absolute atomic E-state index is 0.194. The predicted molar refractivity (Wildman–Crippen MR) is 58.1 cm³/mol. The highest BCUT2D eigenvalue weighted by molar-refractivity contribution is 5.77. The Morgan fingerprint density at radius 3 is 3.07 bits per heavy atom. The topological polar surface area (TPSA) is 38.3 Å². The highest BCUT2D eigenvalue weighted by Gasteiger charge is 2.15. The standard InChI is InChI=1S/C12H15NO2/c14-9-11-4-2-1-3-10(11)7-12-8-13-5-6-15-12/h1-4,9,12-13H,5-8H2. The third-order valence-corrected chi connectivity index (χ3v) is 2.63. The Bertz CT molecular complexity index is 332. The lowest BCUT2D eigenvalue weighted by Gasteiger charge is -2.24. The van der Waals surface area contributed by atoms with E-state index in [1.54, 1.807) is 0 Å². The van der Waals surface area contributed by atoms with Crippen LogP contribution in [0.15, 0.2) is 24.3 Å². The van der Waals surface area contributed by atoms with Crippen LogP contribution < -0.4 is 5.32 Å². The third-order valence-electron chi connectivity index (χ3n) is 2.63. The second kappa shape index (κ2) is 5.05. The molecule has 0 bridgehead atoms. The first kappa shape index (κ1) is 10.3. The van der Waals surface area contributed by atoms with Crippen molar-refractivity contribution in [1.82, 2.24) is 5.32 Å². The molecule has 1 unspecified atom stereocenters. The number of benzene rings is 1. The van der Waals surface area contributed by atoms with E-state index in [9.17, 15) is 4.79 Å². The number of hydrogen-bond acceptors (Lipinski definition) is 3. The van der Waals surface area contributed by atoms with Crippen LogP contribution in [0.1, 0.15) is 15.9 Å². The number of aldehydes is 1. The van der Waals surface area contributed by atoms with Crippen LogP contribution in [0, 0.1) is 0 Å². The lowest BCUT2D eigenvalue weighted by molar-refractivity contribution is 0.0291. The lowest BCUT2D eigenvalue weighted by Crippen LogP contribution is -2.39. The average molecular weight is 205 g/mol. The summed E-state index contributed by atoms with van der Waals surface area (Å²) < 4.78 is 5.60. The van der Waals surface area contributed by atoms with Crippen molar-refractivity contribution < 1.29 is 9.53 Å². The summed E-state index contributed by atoms with van der Waals surface area (Å²) >= 11 is 0. The first-order chi connectivity index (χ1) is 7.40. The zero-order valence-corrected chi connectivity index (χ0v) is 8.61. The molecule has 0 amide bonds. The van der Waals surface area contributed by atoms with Gasteiger partial charge in [-0.25, -0.2) is 0 Å². The summed E-state index contributed by atoms with van der Waals surface area (Å²) in [6.07, 6.45) is 1.91. The highest BCUT2D eigenvalue weighted by atomic mass is 16.5. The number of rotatable bonds is 3. The van der Waals surface area contributed by atoms with E-state index in [0.29, 0.717) is 0 Å². The molecule has 1 fully saturated rings. The molecule has 1 aliphatic heterocycles. The number of morpholine rings is 1. The van der Waals surface area contributed by atoms with Crippen molar-refractivity contribution in [3.63, 3.8) is 0 Å². The Morgan fingerprint density at radius 2 is 2.33 bits per heavy atom. The molecule has 3 nitrogen and oxygen atoms in total. The van der Waals surface area contributed by atoms with Gasteiger partial charge in [0.05, 0.1) is 12.7 Å². The molecule has 1 heterocycles. The van der Waals surface area contributed by atoms with Crippen molar-refractivity contribution in [3.05, 3.63) is 35.4 Å². The summed E-state index contributed by atoms with van der Waals surface area (Å²) in [6, 6.07) is 7.67. The van der Waals surface area contributed by atoms with Gasteiger partial charge in [0.1, 0.15) is 6.29 Å². The maximum Gasteiger partial charge on any atom is 0.150 e. The summed E-state index contributed by atoms with van der Waals surface area (Å²) in [5, 5.41) is 3.28. The lowest BCUT2D eigenvalue weighted by atomic mass is 10.0. The van der Waals surface area contributed by atoms with Gasteiger partial charge in [-0.1, -0.05) is 24.3 Å².